The Labute approximate surface area is 124 Å². The minimum Gasteiger partial charge on any atom is -0.304 e. The van der Waals surface area contributed by atoms with Crippen LogP contribution in [0.15, 0.2) is 42.5 Å². The molecule has 2 rings (SSSR count). The SMILES string of the molecule is Cc1ccccc1[C@H](C)NC(C)c1ccc(Cl)c(F)c1. The van der Waals surface area contributed by atoms with Crippen molar-refractivity contribution in [1.82, 2.24) is 5.32 Å². The van der Waals surface area contributed by atoms with Crippen molar-refractivity contribution in [3.63, 3.8) is 0 Å². The summed E-state index contributed by atoms with van der Waals surface area (Å²) in [6.45, 7) is 6.24. The van der Waals surface area contributed by atoms with Crippen LogP contribution >= 0.6 is 11.6 Å². The fourth-order valence-corrected chi connectivity index (χ4v) is 2.53. The molecule has 2 aromatic rings. The highest BCUT2D eigenvalue weighted by Gasteiger charge is 2.13. The van der Waals surface area contributed by atoms with Gasteiger partial charge in [0, 0.05) is 12.1 Å². The van der Waals surface area contributed by atoms with Crippen LogP contribution in [0.2, 0.25) is 5.02 Å². The fourth-order valence-electron chi connectivity index (χ4n) is 2.42. The van der Waals surface area contributed by atoms with Crippen molar-refractivity contribution >= 4 is 11.6 Å². The molecule has 2 atom stereocenters. The summed E-state index contributed by atoms with van der Waals surface area (Å²) in [5, 5.41) is 3.65. The minimum atomic E-state index is -0.374. The van der Waals surface area contributed by atoms with Crippen molar-refractivity contribution in [1.29, 1.82) is 0 Å². The second kappa shape index (κ2) is 6.38. The Morgan fingerprint density at radius 2 is 1.75 bits per heavy atom. The first-order valence-corrected chi connectivity index (χ1v) is 7.13. The van der Waals surface area contributed by atoms with Gasteiger partial charge in [-0.3, -0.25) is 0 Å². The molecular formula is C17H19ClFN. The monoisotopic (exact) mass is 291 g/mol. The van der Waals surface area contributed by atoms with Crippen LogP contribution in [0.5, 0.6) is 0 Å². The topological polar surface area (TPSA) is 12.0 Å². The highest BCUT2D eigenvalue weighted by Crippen LogP contribution is 2.24. The number of hydrogen-bond acceptors (Lipinski definition) is 1. The number of benzene rings is 2. The molecule has 0 aliphatic heterocycles. The molecule has 0 heterocycles. The van der Waals surface area contributed by atoms with E-state index in [2.05, 4.69) is 31.3 Å². The van der Waals surface area contributed by atoms with Gasteiger partial charge in [0.2, 0.25) is 0 Å². The van der Waals surface area contributed by atoms with E-state index in [1.54, 1.807) is 6.07 Å². The van der Waals surface area contributed by atoms with E-state index in [0.29, 0.717) is 0 Å². The molecule has 0 aliphatic rings. The van der Waals surface area contributed by atoms with E-state index in [9.17, 15) is 4.39 Å². The molecule has 20 heavy (non-hydrogen) atoms. The summed E-state index contributed by atoms with van der Waals surface area (Å²) < 4.78 is 13.5. The molecule has 3 heteroatoms. The quantitative estimate of drug-likeness (QED) is 0.816. The van der Waals surface area contributed by atoms with Crippen LogP contribution in [-0.4, -0.2) is 0 Å². The highest BCUT2D eigenvalue weighted by molar-refractivity contribution is 6.30. The van der Waals surface area contributed by atoms with Gasteiger partial charge < -0.3 is 5.32 Å². The summed E-state index contributed by atoms with van der Waals surface area (Å²) in [5.74, 6) is -0.374. The Kier molecular flexibility index (Phi) is 4.79. The maximum Gasteiger partial charge on any atom is 0.142 e. The molecule has 1 nitrogen and oxygen atoms in total. The summed E-state index contributed by atoms with van der Waals surface area (Å²) in [4.78, 5) is 0. The molecule has 0 saturated carbocycles. The van der Waals surface area contributed by atoms with Gasteiger partial charge in [0.25, 0.3) is 0 Å². The maximum atomic E-state index is 13.5. The van der Waals surface area contributed by atoms with Gasteiger partial charge in [0.05, 0.1) is 5.02 Å². The standard InChI is InChI=1S/C17H19ClFN/c1-11-6-4-5-7-15(11)13(3)20-12(2)14-8-9-16(18)17(19)10-14/h4-10,12-13,20H,1-3H3/t12?,13-/m0/s1. The van der Waals surface area contributed by atoms with Crippen molar-refractivity contribution in [2.75, 3.05) is 0 Å². The van der Waals surface area contributed by atoms with Crippen LogP contribution in [0.3, 0.4) is 0 Å². The molecule has 0 bridgehead atoms. The molecule has 0 aliphatic carbocycles. The lowest BCUT2D eigenvalue weighted by molar-refractivity contribution is 0.490. The average Bonchev–Trinajstić information content (AvgIpc) is 2.42. The third kappa shape index (κ3) is 3.38. The first-order chi connectivity index (χ1) is 9.49. The van der Waals surface area contributed by atoms with Crippen LogP contribution in [0.25, 0.3) is 0 Å². The van der Waals surface area contributed by atoms with Crippen LogP contribution in [0.1, 0.15) is 42.6 Å². The lowest BCUT2D eigenvalue weighted by Gasteiger charge is -2.22. The summed E-state index contributed by atoms with van der Waals surface area (Å²) in [5.41, 5.74) is 3.41. The fraction of sp³-hybridized carbons (Fsp3) is 0.294. The summed E-state index contributed by atoms with van der Waals surface area (Å²) in [7, 11) is 0. The number of halogens is 2. The van der Waals surface area contributed by atoms with E-state index >= 15 is 0 Å². The highest BCUT2D eigenvalue weighted by atomic mass is 35.5. The molecule has 0 fully saturated rings. The molecule has 2 aromatic carbocycles. The van der Waals surface area contributed by atoms with E-state index in [0.717, 1.165) is 5.56 Å². The minimum absolute atomic E-state index is 0.0522. The van der Waals surface area contributed by atoms with Crippen LogP contribution in [0, 0.1) is 12.7 Å². The molecular weight excluding hydrogens is 273 g/mol. The van der Waals surface area contributed by atoms with Crippen molar-refractivity contribution in [2.45, 2.75) is 32.9 Å². The molecule has 0 amide bonds. The lowest BCUT2D eigenvalue weighted by Crippen LogP contribution is -2.23. The van der Waals surface area contributed by atoms with Gasteiger partial charge >= 0.3 is 0 Å². The predicted molar refractivity (Wildman–Crippen MR) is 82.6 cm³/mol. The van der Waals surface area contributed by atoms with Gasteiger partial charge in [-0.2, -0.15) is 0 Å². The zero-order valence-corrected chi connectivity index (χ0v) is 12.7. The Morgan fingerprint density at radius 3 is 2.40 bits per heavy atom. The third-order valence-electron chi connectivity index (χ3n) is 3.60. The number of aryl methyl sites for hydroxylation is 1. The van der Waals surface area contributed by atoms with Crippen LogP contribution in [-0.2, 0) is 0 Å². The summed E-state index contributed by atoms with van der Waals surface area (Å²) >= 11 is 5.71. The van der Waals surface area contributed by atoms with Gasteiger partial charge in [0.1, 0.15) is 5.82 Å². The molecule has 0 spiro atoms. The molecule has 0 saturated heterocycles. The van der Waals surface area contributed by atoms with E-state index < -0.39 is 0 Å². The Morgan fingerprint density at radius 1 is 1.05 bits per heavy atom. The van der Waals surface area contributed by atoms with Gasteiger partial charge in [-0.15, -0.1) is 0 Å². The Bertz CT molecular complexity index is 597. The maximum absolute atomic E-state index is 13.5. The second-order valence-electron chi connectivity index (χ2n) is 5.14. The molecule has 1 N–H and O–H groups in total. The van der Waals surface area contributed by atoms with Gasteiger partial charge in [-0.1, -0.05) is 41.9 Å². The molecule has 0 radical (unpaired) electrons. The largest absolute Gasteiger partial charge is 0.304 e. The number of rotatable bonds is 4. The van der Waals surface area contributed by atoms with Crippen molar-refractivity contribution < 1.29 is 4.39 Å². The smallest absolute Gasteiger partial charge is 0.142 e. The van der Waals surface area contributed by atoms with Gasteiger partial charge in [-0.05, 0) is 49.6 Å². The van der Waals surface area contributed by atoms with Crippen LogP contribution in [0.4, 0.5) is 4.39 Å². The van der Waals surface area contributed by atoms with E-state index in [1.807, 2.05) is 25.1 Å². The average molecular weight is 292 g/mol. The van der Waals surface area contributed by atoms with Crippen molar-refractivity contribution in [2.24, 2.45) is 0 Å². The zero-order valence-electron chi connectivity index (χ0n) is 12.0. The number of nitrogens with one attached hydrogen (secondary N) is 1. The lowest BCUT2D eigenvalue weighted by atomic mass is 10.0. The predicted octanol–water partition coefficient (Wildman–Crippen LogP) is 5.20. The van der Waals surface area contributed by atoms with E-state index in [1.165, 1.54) is 17.2 Å². The van der Waals surface area contributed by atoms with Gasteiger partial charge in [-0.25, -0.2) is 4.39 Å². The summed E-state index contributed by atoms with van der Waals surface area (Å²) in [6.07, 6.45) is 0. The molecule has 106 valence electrons. The third-order valence-corrected chi connectivity index (χ3v) is 3.91. The summed E-state index contributed by atoms with van der Waals surface area (Å²) in [6, 6.07) is 13.5. The van der Waals surface area contributed by atoms with Crippen molar-refractivity contribution in [3.8, 4) is 0 Å². The number of hydrogen-bond donors (Lipinski definition) is 1. The molecule has 0 aromatic heterocycles. The van der Waals surface area contributed by atoms with E-state index in [-0.39, 0.29) is 22.9 Å². The Balaban J connectivity index is 2.13. The Hall–Kier alpha value is -1.38. The van der Waals surface area contributed by atoms with Gasteiger partial charge in [0.15, 0.2) is 0 Å². The second-order valence-corrected chi connectivity index (χ2v) is 5.55. The zero-order chi connectivity index (χ0) is 14.7. The van der Waals surface area contributed by atoms with Crippen molar-refractivity contribution in [3.05, 3.63) is 70.0 Å². The molecule has 1 unspecified atom stereocenters. The van der Waals surface area contributed by atoms with E-state index in [4.69, 9.17) is 11.6 Å². The first-order valence-electron chi connectivity index (χ1n) is 6.75. The first kappa shape index (κ1) is 15.0. The van der Waals surface area contributed by atoms with Crippen LogP contribution < -0.4 is 5.32 Å². The normalized spacial score (nSPS) is 14.1.